The Morgan fingerprint density at radius 2 is 1.83 bits per heavy atom. The SMILES string of the molecule is O=C(NCCCN1CCOCC1)c1ccc(-c2ccc3ccccc3c2)[nH]c1=O. The Labute approximate surface area is 169 Å². The van der Waals surface area contributed by atoms with Gasteiger partial charge in [-0.05, 0) is 47.5 Å². The lowest BCUT2D eigenvalue weighted by Gasteiger charge is -2.26. The van der Waals surface area contributed by atoms with Crippen LogP contribution in [-0.4, -0.2) is 55.2 Å². The van der Waals surface area contributed by atoms with Crippen molar-refractivity contribution in [3.63, 3.8) is 0 Å². The van der Waals surface area contributed by atoms with Crippen LogP contribution in [0.3, 0.4) is 0 Å². The topological polar surface area (TPSA) is 74.4 Å². The molecule has 0 saturated carbocycles. The van der Waals surface area contributed by atoms with Gasteiger partial charge in [0, 0.05) is 25.3 Å². The van der Waals surface area contributed by atoms with Gasteiger partial charge in [-0.15, -0.1) is 0 Å². The van der Waals surface area contributed by atoms with Crippen LogP contribution in [0.5, 0.6) is 0 Å². The summed E-state index contributed by atoms with van der Waals surface area (Å²) in [5, 5.41) is 5.10. The van der Waals surface area contributed by atoms with Gasteiger partial charge in [0.25, 0.3) is 11.5 Å². The third kappa shape index (κ3) is 4.72. The van der Waals surface area contributed by atoms with Gasteiger partial charge in [0.05, 0.1) is 13.2 Å². The highest BCUT2D eigenvalue weighted by Crippen LogP contribution is 2.22. The Bertz CT molecular complexity index is 1050. The van der Waals surface area contributed by atoms with Crippen molar-refractivity contribution in [3.05, 3.63) is 70.5 Å². The Hall–Kier alpha value is -2.96. The molecule has 0 bridgehead atoms. The maximum atomic E-state index is 12.5. The molecule has 2 N–H and O–H groups in total. The lowest BCUT2D eigenvalue weighted by Crippen LogP contribution is -2.38. The minimum atomic E-state index is -0.374. The molecule has 3 aromatic rings. The number of fused-ring (bicyclic) bond motifs is 1. The number of carbonyl (C=O) groups is 1. The molecule has 0 radical (unpaired) electrons. The number of H-pyrrole nitrogens is 1. The van der Waals surface area contributed by atoms with E-state index in [1.54, 1.807) is 12.1 Å². The van der Waals surface area contributed by atoms with Crippen LogP contribution >= 0.6 is 0 Å². The number of ether oxygens (including phenoxy) is 1. The first-order valence-corrected chi connectivity index (χ1v) is 10.0. The number of aromatic nitrogens is 1. The molecule has 1 fully saturated rings. The van der Waals surface area contributed by atoms with Crippen molar-refractivity contribution < 1.29 is 9.53 Å². The molecule has 150 valence electrons. The molecule has 29 heavy (non-hydrogen) atoms. The maximum Gasteiger partial charge on any atom is 0.261 e. The van der Waals surface area contributed by atoms with Crippen molar-refractivity contribution in [2.45, 2.75) is 6.42 Å². The second-order valence-corrected chi connectivity index (χ2v) is 7.24. The number of carbonyl (C=O) groups excluding carboxylic acids is 1. The fraction of sp³-hybridized carbons (Fsp3) is 0.304. The van der Waals surface area contributed by atoms with Crippen molar-refractivity contribution in [3.8, 4) is 11.3 Å². The standard InChI is InChI=1S/C23H25N3O3/c27-22(24-10-3-11-26-12-14-29-15-13-26)20-8-9-21(25-23(20)28)19-7-6-17-4-1-2-5-18(17)16-19/h1-2,4-9,16H,3,10-15H2,(H,24,27)(H,25,28). The van der Waals surface area contributed by atoms with Crippen molar-refractivity contribution in [1.29, 1.82) is 0 Å². The molecule has 2 heterocycles. The quantitative estimate of drug-likeness (QED) is 0.634. The molecular formula is C23H25N3O3. The fourth-order valence-electron chi connectivity index (χ4n) is 3.60. The van der Waals surface area contributed by atoms with Gasteiger partial charge in [-0.1, -0.05) is 36.4 Å². The number of nitrogens with zero attached hydrogens (tertiary/aromatic N) is 1. The highest BCUT2D eigenvalue weighted by atomic mass is 16.5. The predicted molar refractivity (Wildman–Crippen MR) is 114 cm³/mol. The predicted octanol–water partition coefficient (Wildman–Crippen LogP) is 2.65. The molecule has 1 aromatic heterocycles. The third-order valence-electron chi connectivity index (χ3n) is 5.25. The van der Waals surface area contributed by atoms with Gasteiger partial charge in [-0.2, -0.15) is 0 Å². The van der Waals surface area contributed by atoms with Gasteiger partial charge in [0.1, 0.15) is 5.56 Å². The molecule has 2 aromatic carbocycles. The molecule has 1 aliphatic heterocycles. The monoisotopic (exact) mass is 391 g/mol. The van der Waals surface area contributed by atoms with Crippen LogP contribution in [0.2, 0.25) is 0 Å². The van der Waals surface area contributed by atoms with Gasteiger partial charge >= 0.3 is 0 Å². The molecule has 1 saturated heterocycles. The summed E-state index contributed by atoms with van der Waals surface area (Å²) in [6.45, 7) is 4.87. The van der Waals surface area contributed by atoms with Crippen LogP contribution in [-0.2, 0) is 4.74 Å². The molecule has 0 unspecified atom stereocenters. The summed E-state index contributed by atoms with van der Waals surface area (Å²) in [6.07, 6.45) is 0.846. The summed E-state index contributed by atoms with van der Waals surface area (Å²) >= 11 is 0. The summed E-state index contributed by atoms with van der Waals surface area (Å²) in [5.74, 6) is -0.335. The first-order valence-electron chi connectivity index (χ1n) is 10.0. The Morgan fingerprint density at radius 1 is 1.03 bits per heavy atom. The van der Waals surface area contributed by atoms with Crippen LogP contribution in [0.1, 0.15) is 16.8 Å². The average Bonchev–Trinajstić information content (AvgIpc) is 2.77. The second kappa shape index (κ2) is 9.03. The number of morpholine rings is 1. The number of pyridine rings is 1. The van der Waals surface area contributed by atoms with Crippen LogP contribution in [0.4, 0.5) is 0 Å². The summed E-state index contributed by atoms with van der Waals surface area (Å²) < 4.78 is 5.33. The molecule has 1 aliphatic rings. The maximum absolute atomic E-state index is 12.5. The lowest BCUT2D eigenvalue weighted by atomic mass is 10.0. The molecule has 0 spiro atoms. The van der Waals surface area contributed by atoms with E-state index < -0.39 is 0 Å². The molecular weight excluding hydrogens is 366 g/mol. The van der Waals surface area contributed by atoms with Gasteiger partial charge in [0.15, 0.2) is 0 Å². The summed E-state index contributed by atoms with van der Waals surface area (Å²) in [6, 6.07) is 17.5. The Kier molecular flexibility index (Phi) is 6.03. The van der Waals surface area contributed by atoms with Crippen LogP contribution < -0.4 is 10.9 Å². The number of nitrogens with one attached hydrogen (secondary N) is 2. The second-order valence-electron chi connectivity index (χ2n) is 7.24. The number of hydrogen-bond donors (Lipinski definition) is 2. The zero-order chi connectivity index (χ0) is 20.1. The third-order valence-corrected chi connectivity index (χ3v) is 5.25. The zero-order valence-corrected chi connectivity index (χ0v) is 16.3. The van der Waals surface area contributed by atoms with Crippen molar-refractivity contribution in [2.24, 2.45) is 0 Å². The van der Waals surface area contributed by atoms with E-state index >= 15 is 0 Å². The van der Waals surface area contributed by atoms with Crippen molar-refractivity contribution >= 4 is 16.7 Å². The van der Waals surface area contributed by atoms with E-state index in [4.69, 9.17) is 4.74 Å². The zero-order valence-electron chi connectivity index (χ0n) is 16.3. The summed E-state index contributed by atoms with van der Waals surface area (Å²) in [4.78, 5) is 30.0. The highest BCUT2D eigenvalue weighted by Gasteiger charge is 2.13. The normalized spacial score (nSPS) is 14.8. The summed E-state index contributed by atoms with van der Waals surface area (Å²) in [7, 11) is 0. The van der Waals surface area contributed by atoms with Crippen molar-refractivity contribution in [1.82, 2.24) is 15.2 Å². The Morgan fingerprint density at radius 3 is 2.62 bits per heavy atom. The highest BCUT2D eigenvalue weighted by molar-refractivity contribution is 5.94. The van der Waals surface area contributed by atoms with Crippen LogP contribution in [0, 0.1) is 0 Å². The largest absolute Gasteiger partial charge is 0.379 e. The fourth-order valence-corrected chi connectivity index (χ4v) is 3.60. The smallest absolute Gasteiger partial charge is 0.261 e. The van der Waals surface area contributed by atoms with Crippen molar-refractivity contribution in [2.75, 3.05) is 39.4 Å². The van der Waals surface area contributed by atoms with E-state index in [9.17, 15) is 9.59 Å². The van der Waals surface area contributed by atoms with E-state index in [1.807, 2.05) is 42.5 Å². The molecule has 6 heteroatoms. The van der Waals surface area contributed by atoms with Crippen LogP contribution in [0.15, 0.2) is 59.4 Å². The first-order chi connectivity index (χ1) is 14.2. The lowest BCUT2D eigenvalue weighted by molar-refractivity contribution is 0.0374. The number of hydrogen-bond acceptors (Lipinski definition) is 4. The molecule has 0 atom stereocenters. The minimum Gasteiger partial charge on any atom is -0.379 e. The number of aromatic amines is 1. The molecule has 0 aliphatic carbocycles. The first kappa shape index (κ1) is 19.4. The minimum absolute atomic E-state index is 0.140. The molecule has 1 amide bonds. The van der Waals surface area contributed by atoms with Gasteiger partial charge in [-0.3, -0.25) is 14.5 Å². The van der Waals surface area contributed by atoms with Gasteiger partial charge < -0.3 is 15.0 Å². The number of benzene rings is 2. The average molecular weight is 391 g/mol. The Balaban J connectivity index is 1.38. The van der Waals surface area contributed by atoms with E-state index in [-0.39, 0.29) is 17.0 Å². The number of rotatable bonds is 6. The van der Waals surface area contributed by atoms with E-state index in [1.165, 1.54) is 0 Å². The number of amides is 1. The van der Waals surface area contributed by atoms with Gasteiger partial charge in [-0.25, -0.2) is 0 Å². The van der Waals surface area contributed by atoms with Crippen LogP contribution in [0.25, 0.3) is 22.0 Å². The van der Waals surface area contributed by atoms with E-state index in [2.05, 4.69) is 15.2 Å². The molecule has 6 nitrogen and oxygen atoms in total. The van der Waals surface area contributed by atoms with Gasteiger partial charge in [0.2, 0.25) is 0 Å². The summed E-state index contributed by atoms with van der Waals surface area (Å²) in [5.41, 5.74) is 1.38. The molecule has 4 rings (SSSR count). The van der Waals surface area contributed by atoms with E-state index in [0.717, 1.165) is 55.6 Å². The van der Waals surface area contributed by atoms with E-state index in [0.29, 0.717) is 12.2 Å².